The summed E-state index contributed by atoms with van der Waals surface area (Å²) in [6, 6.07) is 5.75. The fourth-order valence-corrected chi connectivity index (χ4v) is 4.13. The van der Waals surface area contributed by atoms with Crippen LogP contribution in [0, 0.1) is 0 Å². The predicted octanol–water partition coefficient (Wildman–Crippen LogP) is 1.47. The number of guanidine groups is 2. The van der Waals surface area contributed by atoms with Gasteiger partial charge < -0.3 is 16.2 Å². The normalized spacial score (nSPS) is 19.1. The molecule has 1 saturated carbocycles. The largest absolute Gasteiger partial charge is 0.464 e. The molecule has 4 N–H and O–H groups in total. The van der Waals surface area contributed by atoms with Gasteiger partial charge in [0.1, 0.15) is 5.66 Å². The number of hydrogen-bond acceptors (Lipinski definition) is 8. The van der Waals surface area contributed by atoms with Gasteiger partial charge in [-0.15, -0.1) is 0 Å². The smallest absolute Gasteiger partial charge is 0.359 e. The lowest BCUT2D eigenvalue weighted by atomic mass is 9.87. The highest BCUT2D eigenvalue weighted by atomic mass is 16.5. The Hall–Kier alpha value is -3.10. The first-order valence-electron chi connectivity index (χ1n) is 9.00. The van der Waals surface area contributed by atoms with Crippen LogP contribution in [0.15, 0.2) is 28.2 Å². The molecule has 2 aromatic rings. The number of ether oxygens (including phenoxy) is 1. The molecular formula is C18H23N7O2. The summed E-state index contributed by atoms with van der Waals surface area (Å²) in [5, 5.41) is 4.99. The molecule has 1 spiro atoms. The summed E-state index contributed by atoms with van der Waals surface area (Å²) >= 11 is 0. The second-order valence-corrected chi connectivity index (χ2v) is 6.98. The van der Waals surface area contributed by atoms with E-state index >= 15 is 0 Å². The SMILES string of the molecule is COC(=O)c1nn(C)c2ccc(N3C(N)=NC(N)=NC34CCCCC4)cc12. The first-order valence-corrected chi connectivity index (χ1v) is 9.00. The van der Waals surface area contributed by atoms with Crippen molar-refractivity contribution in [3.8, 4) is 0 Å². The highest BCUT2D eigenvalue weighted by molar-refractivity contribution is 6.08. The summed E-state index contributed by atoms with van der Waals surface area (Å²) in [6.07, 6.45) is 4.94. The fraction of sp³-hybridized carbons (Fsp3) is 0.444. The third-order valence-electron chi connectivity index (χ3n) is 5.32. The van der Waals surface area contributed by atoms with E-state index in [1.54, 1.807) is 11.7 Å². The molecule has 2 aliphatic rings. The number of nitrogens with two attached hydrogens (primary N) is 2. The molecular weight excluding hydrogens is 346 g/mol. The zero-order valence-corrected chi connectivity index (χ0v) is 15.5. The van der Waals surface area contributed by atoms with E-state index in [2.05, 4.69) is 15.1 Å². The Morgan fingerprint density at radius 3 is 2.67 bits per heavy atom. The molecule has 4 rings (SSSR count). The lowest BCUT2D eigenvalue weighted by Crippen LogP contribution is -2.58. The van der Waals surface area contributed by atoms with E-state index in [-0.39, 0.29) is 11.7 Å². The monoisotopic (exact) mass is 369 g/mol. The van der Waals surface area contributed by atoms with Crippen LogP contribution >= 0.6 is 0 Å². The van der Waals surface area contributed by atoms with Gasteiger partial charge >= 0.3 is 5.97 Å². The standard InChI is InChI=1S/C18H23N7O2/c1-24-13-7-6-11(10-12(13)14(23-24)15(26)27-2)25-17(20)21-16(19)22-18(25)8-4-3-5-9-18/h6-7,10H,3-5,8-9H2,1-2H3,(H4,19,20,21,22). The molecule has 2 heterocycles. The van der Waals surface area contributed by atoms with Crippen molar-refractivity contribution in [1.29, 1.82) is 0 Å². The van der Waals surface area contributed by atoms with Crippen molar-refractivity contribution in [3.63, 3.8) is 0 Å². The number of rotatable bonds is 2. The van der Waals surface area contributed by atoms with Crippen molar-refractivity contribution in [2.45, 2.75) is 37.8 Å². The number of nitrogens with zero attached hydrogens (tertiary/aromatic N) is 5. The fourth-order valence-electron chi connectivity index (χ4n) is 4.13. The van der Waals surface area contributed by atoms with Gasteiger partial charge in [-0.2, -0.15) is 10.1 Å². The Balaban J connectivity index is 1.87. The molecule has 1 aliphatic heterocycles. The number of methoxy groups -OCH3 is 1. The molecule has 0 saturated heterocycles. The average molecular weight is 369 g/mol. The van der Waals surface area contributed by atoms with E-state index in [0.29, 0.717) is 11.3 Å². The molecule has 0 atom stereocenters. The molecule has 1 aliphatic carbocycles. The van der Waals surface area contributed by atoms with Crippen LogP contribution in [0.4, 0.5) is 5.69 Å². The lowest BCUT2D eigenvalue weighted by Gasteiger charge is -2.45. The Morgan fingerprint density at radius 2 is 1.96 bits per heavy atom. The number of carbonyl (C=O) groups is 1. The van der Waals surface area contributed by atoms with Crippen LogP contribution in [0.3, 0.4) is 0 Å². The van der Waals surface area contributed by atoms with Crippen LogP contribution in [0.1, 0.15) is 42.6 Å². The van der Waals surface area contributed by atoms with Crippen LogP contribution in [-0.4, -0.2) is 40.4 Å². The van der Waals surface area contributed by atoms with Gasteiger partial charge in [-0.3, -0.25) is 9.58 Å². The molecule has 142 valence electrons. The molecule has 0 radical (unpaired) electrons. The first kappa shape index (κ1) is 17.3. The Morgan fingerprint density at radius 1 is 1.22 bits per heavy atom. The van der Waals surface area contributed by atoms with Crippen molar-refractivity contribution in [2.24, 2.45) is 28.5 Å². The zero-order chi connectivity index (χ0) is 19.2. The molecule has 0 bridgehead atoms. The van der Waals surface area contributed by atoms with Gasteiger partial charge in [0.15, 0.2) is 5.69 Å². The number of esters is 1. The molecule has 9 heteroatoms. The summed E-state index contributed by atoms with van der Waals surface area (Å²) in [7, 11) is 3.13. The van der Waals surface area contributed by atoms with E-state index in [0.717, 1.165) is 43.3 Å². The van der Waals surface area contributed by atoms with Crippen LogP contribution < -0.4 is 16.4 Å². The van der Waals surface area contributed by atoms with Gasteiger partial charge in [0, 0.05) is 18.1 Å². The number of benzene rings is 1. The Labute approximate surface area is 156 Å². The van der Waals surface area contributed by atoms with Crippen molar-refractivity contribution >= 4 is 34.5 Å². The number of carbonyl (C=O) groups excluding carboxylic acids is 1. The average Bonchev–Trinajstić information content (AvgIpc) is 2.97. The van der Waals surface area contributed by atoms with Gasteiger partial charge in [-0.25, -0.2) is 9.79 Å². The van der Waals surface area contributed by atoms with Gasteiger partial charge in [-0.1, -0.05) is 6.42 Å². The van der Waals surface area contributed by atoms with E-state index in [1.165, 1.54) is 7.11 Å². The maximum absolute atomic E-state index is 12.1. The molecule has 1 aromatic heterocycles. The number of aliphatic imine (C=N–C) groups is 2. The van der Waals surface area contributed by atoms with Crippen LogP contribution in [0.5, 0.6) is 0 Å². The molecule has 1 aromatic carbocycles. The van der Waals surface area contributed by atoms with Gasteiger partial charge in [0.2, 0.25) is 11.9 Å². The van der Waals surface area contributed by atoms with Crippen LogP contribution in [0.2, 0.25) is 0 Å². The van der Waals surface area contributed by atoms with Crippen LogP contribution in [-0.2, 0) is 11.8 Å². The highest BCUT2D eigenvalue weighted by Gasteiger charge is 2.42. The molecule has 27 heavy (non-hydrogen) atoms. The van der Waals surface area contributed by atoms with Crippen molar-refractivity contribution in [3.05, 3.63) is 23.9 Å². The number of anilines is 1. The van der Waals surface area contributed by atoms with Gasteiger partial charge in [0.25, 0.3) is 0 Å². The topological polar surface area (TPSA) is 124 Å². The van der Waals surface area contributed by atoms with Crippen molar-refractivity contribution < 1.29 is 9.53 Å². The number of hydrogen-bond donors (Lipinski definition) is 2. The van der Waals surface area contributed by atoms with Crippen LogP contribution in [0.25, 0.3) is 10.9 Å². The van der Waals surface area contributed by atoms with Gasteiger partial charge in [-0.05, 0) is 43.9 Å². The van der Waals surface area contributed by atoms with E-state index < -0.39 is 11.6 Å². The highest BCUT2D eigenvalue weighted by Crippen LogP contribution is 2.40. The third-order valence-corrected chi connectivity index (χ3v) is 5.32. The lowest BCUT2D eigenvalue weighted by molar-refractivity contribution is 0.0595. The van der Waals surface area contributed by atoms with Crippen molar-refractivity contribution in [2.75, 3.05) is 12.0 Å². The van der Waals surface area contributed by atoms with E-state index in [4.69, 9.17) is 16.2 Å². The summed E-state index contributed by atoms with van der Waals surface area (Å²) in [6.45, 7) is 0. The van der Waals surface area contributed by atoms with E-state index in [1.807, 2.05) is 23.1 Å². The quantitative estimate of drug-likeness (QED) is 0.773. The zero-order valence-electron chi connectivity index (χ0n) is 15.5. The summed E-state index contributed by atoms with van der Waals surface area (Å²) < 4.78 is 6.53. The molecule has 9 nitrogen and oxygen atoms in total. The number of aromatic nitrogens is 2. The maximum atomic E-state index is 12.1. The minimum Gasteiger partial charge on any atom is -0.464 e. The minimum absolute atomic E-state index is 0.211. The predicted molar refractivity (Wildman–Crippen MR) is 104 cm³/mol. The second kappa shape index (κ2) is 6.26. The van der Waals surface area contributed by atoms with E-state index in [9.17, 15) is 4.79 Å². The third kappa shape index (κ3) is 2.70. The number of aryl methyl sites for hydroxylation is 1. The summed E-state index contributed by atoms with van der Waals surface area (Å²) in [4.78, 5) is 22.9. The number of fused-ring (bicyclic) bond motifs is 1. The summed E-state index contributed by atoms with van der Waals surface area (Å²) in [5.41, 5.74) is 13.6. The molecule has 0 unspecified atom stereocenters. The molecule has 0 amide bonds. The Bertz CT molecular complexity index is 969. The maximum Gasteiger partial charge on any atom is 0.359 e. The first-order chi connectivity index (χ1) is 12.9. The minimum atomic E-state index is -0.532. The Kier molecular flexibility index (Phi) is 4.01. The summed E-state index contributed by atoms with van der Waals surface area (Å²) in [5.74, 6) is 0.0447. The molecule has 1 fully saturated rings. The van der Waals surface area contributed by atoms with Gasteiger partial charge in [0.05, 0.1) is 12.6 Å². The second-order valence-electron chi connectivity index (χ2n) is 6.98. The van der Waals surface area contributed by atoms with Crippen molar-refractivity contribution in [1.82, 2.24) is 9.78 Å².